The molecule has 0 aliphatic carbocycles. The first-order chi connectivity index (χ1) is 7.45. The lowest BCUT2D eigenvalue weighted by Crippen LogP contribution is -2.26. The summed E-state index contributed by atoms with van der Waals surface area (Å²) >= 11 is 2.10. The Balaban J connectivity index is 1.66. The summed E-state index contributed by atoms with van der Waals surface area (Å²) in [6.45, 7) is 2.00. The van der Waals surface area contributed by atoms with E-state index in [1.54, 1.807) is 6.33 Å². The van der Waals surface area contributed by atoms with E-state index in [1.807, 2.05) is 12.4 Å². The van der Waals surface area contributed by atoms with E-state index in [0.29, 0.717) is 0 Å². The number of rotatable bonds is 4. The lowest BCUT2D eigenvalue weighted by molar-refractivity contribution is 0.596. The summed E-state index contributed by atoms with van der Waals surface area (Å²) in [5.41, 5.74) is 1.17. The minimum absolute atomic E-state index is 0.809. The summed E-state index contributed by atoms with van der Waals surface area (Å²) in [7, 11) is 0. The molecule has 0 aromatic carbocycles. The van der Waals surface area contributed by atoms with Gasteiger partial charge in [0.05, 0.1) is 0 Å². The highest BCUT2D eigenvalue weighted by molar-refractivity contribution is 7.99. The van der Waals surface area contributed by atoms with Crippen LogP contribution in [-0.2, 0) is 6.54 Å². The third-order valence-corrected chi connectivity index (χ3v) is 3.99. The number of thioether (sulfide) groups is 1. The Morgan fingerprint density at radius 2 is 2.20 bits per heavy atom. The van der Waals surface area contributed by atoms with Gasteiger partial charge in [-0.05, 0) is 18.6 Å². The maximum atomic E-state index is 3.99. The average Bonchev–Trinajstić information content (AvgIpc) is 2.32. The van der Waals surface area contributed by atoms with E-state index in [-0.39, 0.29) is 0 Å². The van der Waals surface area contributed by atoms with Gasteiger partial charge in [0.1, 0.15) is 6.33 Å². The molecule has 1 fully saturated rings. The quantitative estimate of drug-likeness (QED) is 0.845. The van der Waals surface area contributed by atoms with Crippen molar-refractivity contribution in [1.29, 1.82) is 0 Å². The van der Waals surface area contributed by atoms with Gasteiger partial charge in [0, 0.05) is 36.3 Å². The molecule has 2 heterocycles. The van der Waals surface area contributed by atoms with Crippen LogP contribution < -0.4 is 5.32 Å². The standard InChI is InChI=1S/C11H17N3S/c1-2-4-15-11(3-1)8-12-5-10-6-13-9-14-7-10/h6-7,9,11-12H,1-5,8H2. The molecule has 1 aliphatic heterocycles. The van der Waals surface area contributed by atoms with Crippen molar-refractivity contribution < 1.29 is 0 Å². The predicted molar refractivity (Wildman–Crippen MR) is 63.8 cm³/mol. The fourth-order valence-corrected chi connectivity index (χ4v) is 3.04. The molecule has 0 bridgehead atoms. The summed E-state index contributed by atoms with van der Waals surface area (Å²) in [4.78, 5) is 7.99. The Labute approximate surface area is 95.1 Å². The maximum absolute atomic E-state index is 3.99. The van der Waals surface area contributed by atoms with E-state index in [4.69, 9.17) is 0 Å². The van der Waals surface area contributed by atoms with Gasteiger partial charge in [0.15, 0.2) is 0 Å². The molecule has 15 heavy (non-hydrogen) atoms. The third-order valence-electron chi connectivity index (χ3n) is 2.59. The van der Waals surface area contributed by atoms with Crippen LogP contribution in [0.2, 0.25) is 0 Å². The molecule has 82 valence electrons. The van der Waals surface area contributed by atoms with Crippen LogP contribution in [0.25, 0.3) is 0 Å². The van der Waals surface area contributed by atoms with Gasteiger partial charge in [0.25, 0.3) is 0 Å². The summed E-state index contributed by atoms with van der Waals surface area (Å²) in [5.74, 6) is 1.33. The summed E-state index contributed by atoms with van der Waals surface area (Å²) in [5, 5.41) is 4.28. The van der Waals surface area contributed by atoms with Crippen molar-refractivity contribution in [2.24, 2.45) is 0 Å². The second-order valence-corrected chi connectivity index (χ2v) is 5.27. The zero-order chi connectivity index (χ0) is 10.3. The van der Waals surface area contributed by atoms with Crippen molar-refractivity contribution in [3.63, 3.8) is 0 Å². The van der Waals surface area contributed by atoms with Crippen molar-refractivity contribution >= 4 is 11.8 Å². The first kappa shape index (κ1) is 10.9. The van der Waals surface area contributed by atoms with E-state index in [2.05, 4.69) is 27.0 Å². The number of nitrogens with zero attached hydrogens (tertiary/aromatic N) is 2. The Hall–Kier alpha value is -0.610. The van der Waals surface area contributed by atoms with Gasteiger partial charge in [0.2, 0.25) is 0 Å². The zero-order valence-electron chi connectivity index (χ0n) is 8.85. The topological polar surface area (TPSA) is 37.8 Å². The number of hydrogen-bond donors (Lipinski definition) is 1. The van der Waals surface area contributed by atoms with E-state index < -0.39 is 0 Å². The van der Waals surface area contributed by atoms with Gasteiger partial charge in [-0.25, -0.2) is 9.97 Å². The number of aromatic nitrogens is 2. The van der Waals surface area contributed by atoms with Crippen molar-refractivity contribution in [3.8, 4) is 0 Å². The molecule has 3 nitrogen and oxygen atoms in total. The molecule has 1 aliphatic rings. The van der Waals surface area contributed by atoms with E-state index >= 15 is 0 Å². The summed E-state index contributed by atoms with van der Waals surface area (Å²) in [6, 6.07) is 0. The number of hydrogen-bond acceptors (Lipinski definition) is 4. The Morgan fingerprint density at radius 3 is 2.93 bits per heavy atom. The van der Waals surface area contributed by atoms with Crippen LogP contribution in [0.3, 0.4) is 0 Å². The second kappa shape index (κ2) is 6.08. The monoisotopic (exact) mass is 223 g/mol. The molecule has 1 saturated heterocycles. The van der Waals surface area contributed by atoms with Crippen molar-refractivity contribution in [2.45, 2.75) is 31.1 Å². The van der Waals surface area contributed by atoms with Gasteiger partial charge in [-0.3, -0.25) is 0 Å². The van der Waals surface area contributed by atoms with Crippen LogP contribution in [0.5, 0.6) is 0 Å². The molecule has 0 radical (unpaired) electrons. The molecule has 0 saturated carbocycles. The summed E-state index contributed by atoms with van der Waals surface area (Å²) < 4.78 is 0. The van der Waals surface area contributed by atoms with Crippen LogP contribution in [-0.4, -0.2) is 27.5 Å². The second-order valence-electron chi connectivity index (χ2n) is 3.87. The third kappa shape index (κ3) is 3.80. The van der Waals surface area contributed by atoms with Gasteiger partial charge >= 0.3 is 0 Å². The van der Waals surface area contributed by atoms with Gasteiger partial charge in [-0.2, -0.15) is 11.8 Å². The Morgan fingerprint density at radius 1 is 1.33 bits per heavy atom. The molecule has 1 aromatic heterocycles. The minimum Gasteiger partial charge on any atom is -0.311 e. The van der Waals surface area contributed by atoms with E-state index in [1.165, 1.54) is 30.6 Å². The number of nitrogens with one attached hydrogen (secondary N) is 1. The first-order valence-electron chi connectivity index (χ1n) is 5.51. The Bertz CT molecular complexity index is 272. The minimum atomic E-state index is 0.809. The average molecular weight is 223 g/mol. The smallest absolute Gasteiger partial charge is 0.115 e. The molecule has 4 heteroatoms. The largest absolute Gasteiger partial charge is 0.311 e. The predicted octanol–water partition coefficient (Wildman–Crippen LogP) is 1.85. The highest BCUT2D eigenvalue weighted by atomic mass is 32.2. The Kier molecular flexibility index (Phi) is 4.41. The highest BCUT2D eigenvalue weighted by Gasteiger charge is 2.12. The van der Waals surface area contributed by atoms with Crippen molar-refractivity contribution in [1.82, 2.24) is 15.3 Å². The van der Waals surface area contributed by atoms with Crippen molar-refractivity contribution in [2.75, 3.05) is 12.3 Å². The molecule has 0 spiro atoms. The van der Waals surface area contributed by atoms with Gasteiger partial charge in [-0.1, -0.05) is 6.42 Å². The molecule has 1 N–H and O–H groups in total. The van der Waals surface area contributed by atoms with Crippen molar-refractivity contribution in [3.05, 3.63) is 24.3 Å². The SMILES string of the molecule is c1ncc(CNCC2CCCCS2)cn1. The maximum Gasteiger partial charge on any atom is 0.115 e. The molecule has 1 unspecified atom stereocenters. The zero-order valence-corrected chi connectivity index (χ0v) is 9.67. The molecule has 1 atom stereocenters. The molecule has 1 aromatic rings. The van der Waals surface area contributed by atoms with E-state index in [9.17, 15) is 0 Å². The van der Waals surface area contributed by atoms with Crippen LogP contribution in [0, 0.1) is 0 Å². The van der Waals surface area contributed by atoms with Crippen LogP contribution in [0.4, 0.5) is 0 Å². The molecular formula is C11H17N3S. The van der Waals surface area contributed by atoms with Crippen LogP contribution in [0.1, 0.15) is 24.8 Å². The van der Waals surface area contributed by atoms with Crippen LogP contribution in [0.15, 0.2) is 18.7 Å². The van der Waals surface area contributed by atoms with Gasteiger partial charge in [-0.15, -0.1) is 0 Å². The lowest BCUT2D eigenvalue weighted by Gasteiger charge is -2.21. The summed E-state index contributed by atoms with van der Waals surface area (Å²) in [6.07, 6.45) is 9.47. The molecule has 0 amide bonds. The fraction of sp³-hybridized carbons (Fsp3) is 0.636. The van der Waals surface area contributed by atoms with E-state index in [0.717, 1.165) is 18.3 Å². The van der Waals surface area contributed by atoms with Gasteiger partial charge < -0.3 is 5.32 Å². The fourth-order valence-electron chi connectivity index (χ4n) is 1.77. The first-order valence-corrected chi connectivity index (χ1v) is 6.56. The lowest BCUT2D eigenvalue weighted by atomic mass is 10.2. The molecular weight excluding hydrogens is 206 g/mol. The molecule has 2 rings (SSSR count). The normalized spacial score (nSPS) is 21.5. The van der Waals surface area contributed by atoms with Crippen LogP contribution >= 0.6 is 11.8 Å². The highest BCUT2D eigenvalue weighted by Crippen LogP contribution is 2.24.